The number of benzene rings is 1. The van der Waals surface area contributed by atoms with E-state index in [-0.39, 0.29) is 11.4 Å². The van der Waals surface area contributed by atoms with Gasteiger partial charge in [0.2, 0.25) is 0 Å². The minimum absolute atomic E-state index is 0.0702. The van der Waals surface area contributed by atoms with Gasteiger partial charge in [0.05, 0.1) is 6.20 Å². The van der Waals surface area contributed by atoms with Crippen molar-refractivity contribution in [2.45, 2.75) is 24.2 Å². The first-order chi connectivity index (χ1) is 14.0. The number of aromatic nitrogens is 1. The standard InChI is InChI=1S/C18H14F6N4O2/c19-8-17(6-14(18(22,23)24)30-16(25)28-17)11-5-10(2-3-12(11)21)27-15(29)13-4-1-9(20)7-26-13/h1-5,7,14H,6,8H2,(H2,25,28)(H,27,29). The highest BCUT2D eigenvalue weighted by molar-refractivity contribution is 6.02. The Morgan fingerprint density at radius 2 is 2.00 bits per heavy atom. The number of alkyl halides is 4. The monoisotopic (exact) mass is 432 g/mol. The molecule has 0 radical (unpaired) electrons. The number of halogens is 6. The maximum atomic E-state index is 14.5. The lowest BCUT2D eigenvalue weighted by Crippen LogP contribution is -2.48. The van der Waals surface area contributed by atoms with Crippen molar-refractivity contribution in [1.29, 1.82) is 0 Å². The number of hydrogen-bond donors (Lipinski definition) is 2. The zero-order valence-corrected chi connectivity index (χ0v) is 15.0. The molecule has 2 aromatic rings. The van der Waals surface area contributed by atoms with E-state index in [1.807, 2.05) is 0 Å². The molecule has 3 N–H and O–H groups in total. The topological polar surface area (TPSA) is 89.6 Å². The smallest absolute Gasteiger partial charge is 0.425 e. The first-order valence-corrected chi connectivity index (χ1v) is 8.42. The maximum absolute atomic E-state index is 14.5. The van der Waals surface area contributed by atoms with Gasteiger partial charge >= 0.3 is 6.18 Å². The fraction of sp³-hybridized carbons (Fsp3) is 0.278. The average molecular weight is 432 g/mol. The van der Waals surface area contributed by atoms with E-state index in [9.17, 15) is 31.1 Å². The molecule has 3 rings (SSSR count). The van der Waals surface area contributed by atoms with Crippen molar-refractivity contribution < 1.29 is 35.9 Å². The Bertz CT molecular complexity index is 980. The van der Waals surface area contributed by atoms with Gasteiger partial charge in [0.1, 0.15) is 29.5 Å². The number of ether oxygens (including phenoxy) is 1. The van der Waals surface area contributed by atoms with Crippen LogP contribution in [0.2, 0.25) is 0 Å². The average Bonchev–Trinajstić information content (AvgIpc) is 2.68. The molecule has 0 spiro atoms. The number of pyridine rings is 1. The van der Waals surface area contributed by atoms with Gasteiger partial charge in [-0.2, -0.15) is 13.2 Å². The van der Waals surface area contributed by atoms with E-state index in [4.69, 9.17) is 5.73 Å². The minimum atomic E-state index is -4.89. The molecule has 30 heavy (non-hydrogen) atoms. The molecule has 0 aliphatic carbocycles. The fourth-order valence-corrected chi connectivity index (χ4v) is 2.95. The molecule has 0 bridgehead atoms. The van der Waals surface area contributed by atoms with Crippen LogP contribution in [0.3, 0.4) is 0 Å². The van der Waals surface area contributed by atoms with Crippen LogP contribution in [0.4, 0.5) is 32.0 Å². The molecule has 1 aliphatic rings. The van der Waals surface area contributed by atoms with Crippen LogP contribution in [0.1, 0.15) is 22.5 Å². The molecule has 2 atom stereocenters. The van der Waals surface area contributed by atoms with Crippen LogP contribution in [-0.2, 0) is 10.3 Å². The second-order valence-electron chi connectivity index (χ2n) is 6.48. The number of nitrogens with two attached hydrogens (primary N) is 1. The lowest BCUT2D eigenvalue weighted by atomic mass is 9.84. The van der Waals surface area contributed by atoms with Crippen molar-refractivity contribution in [2.75, 3.05) is 12.0 Å². The number of amides is 1. The van der Waals surface area contributed by atoms with Gasteiger partial charge in [-0.3, -0.25) is 4.79 Å². The summed E-state index contributed by atoms with van der Waals surface area (Å²) in [5.74, 6) is -2.52. The number of carbonyl (C=O) groups is 1. The molecule has 160 valence electrons. The molecule has 1 aromatic heterocycles. The van der Waals surface area contributed by atoms with Gasteiger partial charge in [-0.05, 0) is 30.3 Å². The summed E-state index contributed by atoms with van der Waals surface area (Å²) >= 11 is 0. The Kier molecular flexibility index (Phi) is 5.59. The van der Waals surface area contributed by atoms with Gasteiger partial charge in [0.15, 0.2) is 6.10 Å². The Morgan fingerprint density at radius 1 is 1.27 bits per heavy atom. The molecule has 12 heteroatoms. The SMILES string of the molecule is NC1=NC(CF)(c2cc(NC(=O)c3ccc(F)cn3)ccc2F)CC(C(F)(F)F)O1. The number of anilines is 1. The van der Waals surface area contributed by atoms with Crippen LogP contribution in [0.25, 0.3) is 0 Å². The highest BCUT2D eigenvalue weighted by Crippen LogP contribution is 2.42. The van der Waals surface area contributed by atoms with Gasteiger partial charge in [-0.15, -0.1) is 0 Å². The Labute approximate surface area is 165 Å². The zero-order chi connectivity index (χ0) is 22.1. The van der Waals surface area contributed by atoms with Crippen molar-refractivity contribution >= 4 is 17.6 Å². The minimum Gasteiger partial charge on any atom is -0.452 e. The Morgan fingerprint density at radius 3 is 2.60 bits per heavy atom. The van der Waals surface area contributed by atoms with Gasteiger partial charge in [0, 0.05) is 17.7 Å². The third-order valence-electron chi connectivity index (χ3n) is 4.38. The van der Waals surface area contributed by atoms with Crippen LogP contribution < -0.4 is 11.1 Å². The molecule has 2 heterocycles. The van der Waals surface area contributed by atoms with Gasteiger partial charge in [-0.1, -0.05) is 0 Å². The molecule has 0 saturated carbocycles. The number of hydrogen-bond acceptors (Lipinski definition) is 5. The van der Waals surface area contributed by atoms with E-state index in [0.29, 0.717) is 0 Å². The third-order valence-corrected chi connectivity index (χ3v) is 4.38. The van der Waals surface area contributed by atoms with E-state index in [1.165, 1.54) is 0 Å². The summed E-state index contributed by atoms with van der Waals surface area (Å²) in [6, 6.07) is 4.05. The second-order valence-corrected chi connectivity index (χ2v) is 6.48. The lowest BCUT2D eigenvalue weighted by molar-refractivity contribution is -0.209. The van der Waals surface area contributed by atoms with E-state index in [1.54, 1.807) is 0 Å². The van der Waals surface area contributed by atoms with Crippen LogP contribution in [-0.4, -0.2) is 35.9 Å². The van der Waals surface area contributed by atoms with E-state index in [2.05, 4.69) is 20.0 Å². The van der Waals surface area contributed by atoms with E-state index < -0.39 is 60.0 Å². The highest BCUT2D eigenvalue weighted by atomic mass is 19.4. The summed E-state index contributed by atoms with van der Waals surface area (Å²) in [4.78, 5) is 19.4. The van der Waals surface area contributed by atoms with Crippen molar-refractivity contribution in [3.05, 3.63) is 59.4 Å². The predicted molar refractivity (Wildman–Crippen MR) is 93.4 cm³/mol. The summed E-state index contributed by atoms with van der Waals surface area (Å²) in [7, 11) is 0. The predicted octanol–water partition coefficient (Wildman–Crippen LogP) is 3.44. The fourth-order valence-electron chi connectivity index (χ4n) is 2.95. The molecular formula is C18H14F6N4O2. The molecule has 1 aromatic carbocycles. The van der Waals surface area contributed by atoms with Crippen molar-refractivity contribution in [1.82, 2.24) is 4.98 Å². The molecule has 2 unspecified atom stereocenters. The van der Waals surface area contributed by atoms with E-state index >= 15 is 0 Å². The third kappa shape index (κ3) is 4.31. The first-order valence-electron chi connectivity index (χ1n) is 8.42. The molecule has 1 amide bonds. The number of nitrogens with zero attached hydrogens (tertiary/aromatic N) is 2. The van der Waals surface area contributed by atoms with Gasteiger partial charge in [0.25, 0.3) is 11.9 Å². The van der Waals surface area contributed by atoms with Crippen LogP contribution >= 0.6 is 0 Å². The molecular weight excluding hydrogens is 418 g/mol. The van der Waals surface area contributed by atoms with E-state index in [0.717, 1.165) is 36.5 Å². The maximum Gasteiger partial charge on any atom is 0.425 e. The van der Waals surface area contributed by atoms with Crippen LogP contribution in [0, 0.1) is 11.6 Å². The van der Waals surface area contributed by atoms with Gasteiger partial charge in [-0.25, -0.2) is 23.1 Å². The van der Waals surface area contributed by atoms with Crippen LogP contribution in [0.5, 0.6) is 0 Å². The summed E-state index contributed by atoms with van der Waals surface area (Å²) in [5, 5.41) is 2.33. The number of aliphatic imine (C=N–C) groups is 1. The number of carbonyl (C=O) groups excluding carboxylic acids is 1. The van der Waals surface area contributed by atoms with Crippen LogP contribution in [0.15, 0.2) is 41.5 Å². The normalized spacial score (nSPS) is 21.5. The van der Waals surface area contributed by atoms with Crippen molar-refractivity contribution in [3.63, 3.8) is 0 Å². The number of amidine groups is 1. The lowest BCUT2D eigenvalue weighted by Gasteiger charge is -2.36. The quantitative estimate of drug-likeness (QED) is 0.725. The van der Waals surface area contributed by atoms with Gasteiger partial charge < -0.3 is 15.8 Å². The summed E-state index contributed by atoms with van der Waals surface area (Å²) in [5.41, 5.74) is 2.20. The molecule has 6 nitrogen and oxygen atoms in total. The molecule has 0 saturated heterocycles. The number of rotatable bonds is 4. The second kappa shape index (κ2) is 7.84. The number of nitrogens with one attached hydrogen (secondary N) is 1. The largest absolute Gasteiger partial charge is 0.452 e. The highest BCUT2D eigenvalue weighted by Gasteiger charge is 2.52. The van der Waals surface area contributed by atoms with Crippen molar-refractivity contribution in [3.8, 4) is 0 Å². The zero-order valence-electron chi connectivity index (χ0n) is 15.0. The summed E-state index contributed by atoms with van der Waals surface area (Å²) < 4.78 is 85.2. The summed E-state index contributed by atoms with van der Waals surface area (Å²) in [6.07, 6.45) is -7.63. The first kappa shape index (κ1) is 21.4. The Hall–Kier alpha value is -3.31. The summed E-state index contributed by atoms with van der Waals surface area (Å²) in [6.45, 7) is -1.50. The van der Waals surface area contributed by atoms with Crippen molar-refractivity contribution in [2.24, 2.45) is 10.7 Å². The molecule has 1 aliphatic heterocycles. The Balaban J connectivity index is 1.96. The molecule has 0 fully saturated rings.